The molecule has 4 nitrogen and oxygen atoms in total. The molecule has 0 aromatic heterocycles. The maximum Gasteiger partial charge on any atom is 0.339 e. The Morgan fingerprint density at radius 3 is 2.68 bits per heavy atom. The number of fused-ring (bicyclic) bond motifs is 2. The summed E-state index contributed by atoms with van der Waals surface area (Å²) in [6, 6.07) is 4.55. The van der Waals surface area contributed by atoms with Gasteiger partial charge in [-0.25, -0.2) is 4.79 Å². The first-order chi connectivity index (χ1) is 9.11. The zero-order valence-electron chi connectivity index (χ0n) is 9.71. The quantitative estimate of drug-likeness (QED) is 0.622. The van der Waals surface area contributed by atoms with Gasteiger partial charge in [0.05, 0.1) is 12.2 Å². The van der Waals surface area contributed by atoms with E-state index in [0.717, 1.165) is 0 Å². The lowest BCUT2D eigenvalue weighted by atomic mass is 10.2. The predicted octanol–water partition coefficient (Wildman–Crippen LogP) is 2.83. The van der Waals surface area contributed by atoms with Crippen molar-refractivity contribution in [1.82, 2.24) is 0 Å². The van der Waals surface area contributed by atoms with Gasteiger partial charge in [0.1, 0.15) is 6.10 Å². The fourth-order valence-electron chi connectivity index (χ4n) is 2.00. The highest BCUT2D eigenvalue weighted by molar-refractivity contribution is 6.35. The third kappa shape index (κ3) is 2.77. The van der Waals surface area contributed by atoms with Gasteiger partial charge in [0, 0.05) is 10.0 Å². The van der Waals surface area contributed by atoms with Crippen LogP contribution in [-0.4, -0.2) is 31.1 Å². The molecule has 1 aromatic rings. The van der Waals surface area contributed by atoms with Gasteiger partial charge in [0.2, 0.25) is 0 Å². The molecule has 1 saturated heterocycles. The van der Waals surface area contributed by atoms with E-state index in [-0.39, 0.29) is 6.10 Å². The number of esters is 1. The highest BCUT2D eigenvalue weighted by Crippen LogP contribution is 2.25. The summed E-state index contributed by atoms with van der Waals surface area (Å²) < 4.78 is 16.1. The number of ether oxygens (including phenoxy) is 3. The minimum Gasteiger partial charge on any atom is -0.449 e. The van der Waals surface area contributed by atoms with Gasteiger partial charge in [-0.05, 0) is 24.3 Å². The van der Waals surface area contributed by atoms with E-state index >= 15 is 0 Å². The van der Waals surface area contributed by atoms with Crippen molar-refractivity contribution in [2.45, 2.75) is 18.5 Å². The van der Waals surface area contributed by atoms with Crippen LogP contribution in [-0.2, 0) is 14.2 Å². The Kier molecular flexibility index (Phi) is 3.50. The summed E-state index contributed by atoms with van der Waals surface area (Å²) in [5.74, 6) is -0.517. The maximum absolute atomic E-state index is 12.0. The lowest BCUT2D eigenvalue weighted by Gasteiger charge is -2.22. The Morgan fingerprint density at radius 1 is 1.21 bits per heavy atom. The van der Waals surface area contributed by atoms with E-state index < -0.39 is 18.4 Å². The largest absolute Gasteiger partial charge is 0.449 e. The second-order valence-electron chi connectivity index (χ2n) is 4.29. The molecule has 0 unspecified atom stereocenters. The first kappa shape index (κ1) is 12.9. The van der Waals surface area contributed by atoms with E-state index in [2.05, 4.69) is 0 Å². The van der Waals surface area contributed by atoms with Crippen LogP contribution in [0.3, 0.4) is 0 Å². The Morgan fingerprint density at radius 2 is 1.95 bits per heavy atom. The average molecular weight is 301 g/mol. The maximum atomic E-state index is 12.0. The monoisotopic (exact) mass is 300 g/mol. The number of carbonyl (C=O) groups excluding carboxylic acids is 1. The van der Waals surface area contributed by atoms with E-state index in [4.69, 9.17) is 37.4 Å². The molecule has 2 heterocycles. The van der Waals surface area contributed by atoms with E-state index in [1.54, 1.807) is 12.1 Å². The van der Waals surface area contributed by atoms with Crippen LogP contribution in [0.4, 0.5) is 0 Å². The molecular weight excluding hydrogens is 291 g/mol. The molecule has 3 rings (SSSR count). The van der Waals surface area contributed by atoms with Crippen molar-refractivity contribution in [3.05, 3.63) is 46.0 Å². The minimum atomic E-state index is -0.552. The molecule has 0 aliphatic carbocycles. The third-order valence-corrected chi connectivity index (χ3v) is 3.30. The van der Waals surface area contributed by atoms with Crippen LogP contribution >= 0.6 is 23.2 Å². The van der Waals surface area contributed by atoms with Crippen molar-refractivity contribution >= 4 is 29.2 Å². The molecule has 6 heteroatoms. The molecule has 19 heavy (non-hydrogen) atoms. The topological polar surface area (TPSA) is 44.8 Å². The average Bonchev–Trinajstić information content (AvgIpc) is 2.74. The molecule has 2 aliphatic heterocycles. The molecule has 0 amide bonds. The number of hydrogen-bond donors (Lipinski definition) is 0. The van der Waals surface area contributed by atoms with Gasteiger partial charge in [-0.2, -0.15) is 0 Å². The lowest BCUT2D eigenvalue weighted by Crippen LogP contribution is -2.33. The molecule has 1 fully saturated rings. The van der Waals surface area contributed by atoms with E-state index in [0.29, 0.717) is 22.2 Å². The molecule has 0 saturated carbocycles. The predicted molar refractivity (Wildman–Crippen MR) is 69.4 cm³/mol. The van der Waals surface area contributed by atoms with Gasteiger partial charge in [-0.1, -0.05) is 29.3 Å². The summed E-state index contributed by atoms with van der Waals surface area (Å²) in [5, 5.41) is 0.763. The van der Waals surface area contributed by atoms with Gasteiger partial charge >= 0.3 is 5.97 Å². The van der Waals surface area contributed by atoms with Crippen LogP contribution in [0.1, 0.15) is 10.4 Å². The zero-order valence-corrected chi connectivity index (χ0v) is 11.2. The Labute approximate surface area is 119 Å². The third-order valence-electron chi connectivity index (χ3n) is 2.86. The van der Waals surface area contributed by atoms with E-state index in [9.17, 15) is 4.79 Å². The number of carbonyl (C=O) groups is 1. The molecule has 2 bridgehead atoms. The summed E-state index contributed by atoms with van der Waals surface area (Å²) in [5.41, 5.74) is 0.297. The van der Waals surface area contributed by atoms with Crippen LogP contribution in [0, 0.1) is 0 Å². The number of rotatable bonds is 2. The lowest BCUT2D eigenvalue weighted by molar-refractivity contribution is -0.119. The molecule has 0 N–H and O–H groups in total. The first-order valence-electron chi connectivity index (χ1n) is 5.74. The number of benzene rings is 1. The zero-order chi connectivity index (χ0) is 13.4. The molecular formula is C13H10Cl2O4. The molecule has 0 spiro atoms. The van der Waals surface area contributed by atoms with Crippen LogP contribution < -0.4 is 0 Å². The molecule has 3 atom stereocenters. The van der Waals surface area contributed by atoms with Gasteiger partial charge in [0.15, 0.2) is 12.4 Å². The highest BCUT2D eigenvalue weighted by Gasteiger charge is 2.36. The van der Waals surface area contributed by atoms with Crippen molar-refractivity contribution < 1.29 is 19.0 Å². The number of hydrogen-bond acceptors (Lipinski definition) is 4. The van der Waals surface area contributed by atoms with Crippen LogP contribution in [0.2, 0.25) is 10.0 Å². The standard InChI is InChI=1S/C13H10Cl2O4/c14-8-3-7(4-9(15)5-8)12(16)19-11-2-1-10-6-17-13(11)18-10/h1-5,10-11,13H,6H2/t10-,11+,13+/m0/s1. The summed E-state index contributed by atoms with van der Waals surface area (Å²) in [4.78, 5) is 12.0. The minimum absolute atomic E-state index is 0.0411. The molecule has 2 aliphatic rings. The fraction of sp³-hybridized carbons (Fsp3) is 0.308. The van der Waals surface area contributed by atoms with Crippen molar-refractivity contribution in [1.29, 1.82) is 0 Å². The summed E-state index contributed by atoms with van der Waals surface area (Å²) >= 11 is 11.7. The highest BCUT2D eigenvalue weighted by atomic mass is 35.5. The van der Waals surface area contributed by atoms with Crippen LogP contribution in [0.5, 0.6) is 0 Å². The van der Waals surface area contributed by atoms with Crippen molar-refractivity contribution in [2.24, 2.45) is 0 Å². The molecule has 1 aromatic carbocycles. The molecule has 0 radical (unpaired) electrons. The second kappa shape index (κ2) is 5.13. The normalized spacial score (nSPS) is 28.4. The van der Waals surface area contributed by atoms with Crippen molar-refractivity contribution in [2.75, 3.05) is 6.61 Å². The fourth-order valence-corrected chi connectivity index (χ4v) is 2.52. The first-order valence-corrected chi connectivity index (χ1v) is 6.50. The van der Waals surface area contributed by atoms with E-state index in [1.165, 1.54) is 12.1 Å². The SMILES string of the molecule is O=C(O[C@@H]1C=C[C@H]2CO[C@@H]1O2)c1cc(Cl)cc(Cl)c1. The van der Waals surface area contributed by atoms with Crippen LogP contribution in [0.15, 0.2) is 30.4 Å². The molecule has 100 valence electrons. The smallest absolute Gasteiger partial charge is 0.339 e. The van der Waals surface area contributed by atoms with Crippen molar-refractivity contribution in [3.63, 3.8) is 0 Å². The Bertz CT molecular complexity index is 523. The van der Waals surface area contributed by atoms with Gasteiger partial charge < -0.3 is 14.2 Å². The summed E-state index contributed by atoms with van der Waals surface area (Å²) in [6.07, 6.45) is 2.47. The Hall–Kier alpha value is -1.07. The summed E-state index contributed by atoms with van der Waals surface area (Å²) in [6.45, 7) is 0.484. The summed E-state index contributed by atoms with van der Waals surface area (Å²) in [7, 11) is 0. The van der Waals surface area contributed by atoms with Gasteiger partial charge in [-0.3, -0.25) is 0 Å². The second-order valence-corrected chi connectivity index (χ2v) is 5.16. The van der Waals surface area contributed by atoms with Crippen molar-refractivity contribution in [3.8, 4) is 0 Å². The van der Waals surface area contributed by atoms with Gasteiger partial charge in [0.25, 0.3) is 0 Å². The van der Waals surface area contributed by atoms with Gasteiger partial charge in [-0.15, -0.1) is 0 Å². The Balaban J connectivity index is 1.74. The van der Waals surface area contributed by atoms with E-state index in [1.807, 2.05) is 6.08 Å². The number of halogens is 2. The van der Waals surface area contributed by atoms with Crippen LogP contribution in [0.25, 0.3) is 0 Å².